The van der Waals surface area contributed by atoms with E-state index < -0.39 is 0 Å². The second kappa shape index (κ2) is 5.30. The molecule has 0 N–H and O–H groups in total. The Bertz CT molecular complexity index is 266. The molecule has 1 atom stereocenters. The highest BCUT2D eigenvalue weighted by molar-refractivity contribution is 7.80. The first-order chi connectivity index (χ1) is 6.65. The Morgan fingerprint density at radius 1 is 1.21 bits per heavy atom. The van der Waals surface area contributed by atoms with Gasteiger partial charge in [0.15, 0.2) is 0 Å². The first kappa shape index (κ1) is 11.4. The molecule has 1 aromatic rings. The zero-order chi connectivity index (χ0) is 10.6. The number of hydrogen-bond acceptors (Lipinski definition) is 2. The lowest BCUT2D eigenvalue weighted by Crippen LogP contribution is -2.08. The Morgan fingerprint density at radius 3 is 2.21 bits per heavy atom. The zero-order valence-electron chi connectivity index (χ0n) is 9.20. The van der Waals surface area contributed by atoms with Gasteiger partial charge in [-0.05, 0) is 24.1 Å². The molecule has 0 heterocycles. The lowest BCUT2D eigenvalue weighted by atomic mass is 10.1. The summed E-state index contributed by atoms with van der Waals surface area (Å²) in [6.07, 6.45) is 2.33. The summed E-state index contributed by atoms with van der Waals surface area (Å²) in [6.45, 7) is 2.19. The molecule has 0 radical (unpaired) electrons. The van der Waals surface area contributed by atoms with Crippen LogP contribution in [0.4, 0.5) is 5.69 Å². The molecule has 0 saturated heterocycles. The van der Waals surface area contributed by atoms with E-state index in [1.807, 2.05) is 0 Å². The minimum absolute atomic E-state index is 0.385. The number of nitrogens with zero attached hydrogens (tertiary/aromatic N) is 1. The van der Waals surface area contributed by atoms with Crippen LogP contribution in [-0.4, -0.2) is 14.1 Å². The zero-order valence-corrected chi connectivity index (χ0v) is 10.1. The van der Waals surface area contributed by atoms with E-state index in [2.05, 4.69) is 62.8 Å². The number of thiol groups is 1. The van der Waals surface area contributed by atoms with Crippen molar-refractivity contribution in [3.05, 3.63) is 29.8 Å². The smallest absolute Gasteiger partial charge is 0.0361 e. The van der Waals surface area contributed by atoms with Gasteiger partial charge in [0, 0.05) is 25.0 Å². The first-order valence-corrected chi connectivity index (χ1v) is 5.62. The van der Waals surface area contributed by atoms with E-state index in [0.29, 0.717) is 5.25 Å². The SMILES string of the molecule is CCCC(S)c1ccc(N(C)C)cc1. The molecule has 0 aliphatic carbocycles. The van der Waals surface area contributed by atoms with Crippen LogP contribution in [0.5, 0.6) is 0 Å². The van der Waals surface area contributed by atoms with Gasteiger partial charge in [0.1, 0.15) is 0 Å². The van der Waals surface area contributed by atoms with Crippen molar-refractivity contribution < 1.29 is 0 Å². The van der Waals surface area contributed by atoms with E-state index in [4.69, 9.17) is 0 Å². The summed E-state index contributed by atoms with van der Waals surface area (Å²) < 4.78 is 0. The molecule has 1 aromatic carbocycles. The summed E-state index contributed by atoms with van der Waals surface area (Å²) in [5.41, 5.74) is 2.56. The van der Waals surface area contributed by atoms with Gasteiger partial charge in [-0.25, -0.2) is 0 Å². The summed E-state index contributed by atoms with van der Waals surface area (Å²) >= 11 is 4.57. The Balaban J connectivity index is 2.72. The van der Waals surface area contributed by atoms with Crippen molar-refractivity contribution in [1.29, 1.82) is 0 Å². The maximum absolute atomic E-state index is 4.57. The van der Waals surface area contributed by atoms with E-state index >= 15 is 0 Å². The maximum Gasteiger partial charge on any atom is 0.0361 e. The van der Waals surface area contributed by atoms with E-state index in [0.717, 1.165) is 6.42 Å². The molecule has 0 aromatic heterocycles. The quantitative estimate of drug-likeness (QED) is 0.743. The van der Waals surface area contributed by atoms with Gasteiger partial charge in [-0.1, -0.05) is 25.5 Å². The van der Waals surface area contributed by atoms with Crippen molar-refractivity contribution in [3.8, 4) is 0 Å². The highest BCUT2D eigenvalue weighted by Gasteiger charge is 2.04. The van der Waals surface area contributed by atoms with Crippen LogP contribution in [0.15, 0.2) is 24.3 Å². The van der Waals surface area contributed by atoms with Gasteiger partial charge in [0.25, 0.3) is 0 Å². The predicted molar refractivity (Wildman–Crippen MR) is 67.4 cm³/mol. The van der Waals surface area contributed by atoms with Crippen molar-refractivity contribution in [1.82, 2.24) is 0 Å². The fraction of sp³-hybridized carbons (Fsp3) is 0.500. The third kappa shape index (κ3) is 2.95. The summed E-state index contributed by atoms with van der Waals surface area (Å²) in [4.78, 5) is 2.11. The molecule has 1 nitrogen and oxygen atoms in total. The predicted octanol–water partition coefficient (Wildman–Crippen LogP) is 3.52. The van der Waals surface area contributed by atoms with Crippen LogP contribution in [0.2, 0.25) is 0 Å². The second-order valence-electron chi connectivity index (χ2n) is 3.79. The third-order valence-electron chi connectivity index (χ3n) is 2.36. The van der Waals surface area contributed by atoms with E-state index in [1.165, 1.54) is 17.7 Å². The molecular weight excluding hydrogens is 190 g/mol. The van der Waals surface area contributed by atoms with Crippen LogP contribution in [0.25, 0.3) is 0 Å². The first-order valence-electron chi connectivity index (χ1n) is 5.10. The molecule has 78 valence electrons. The molecule has 0 saturated carbocycles. The van der Waals surface area contributed by atoms with Crippen LogP contribution < -0.4 is 4.90 Å². The van der Waals surface area contributed by atoms with Crippen LogP contribution in [-0.2, 0) is 0 Å². The van der Waals surface area contributed by atoms with Gasteiger partial charge < -0.3 is 4.90 Å². The fourth-order valence-electron chi connectivity index (χ4n) is 1.43. The van der Waals surface area contributed by atoms with E-state index in [-0.39, 0.29) is 0 Å². The number of benzene rings is 1. The average Bonchev–Trinajstić information content (AvgIpc) is 2.18. The topological polar surface area (TPSA) is 3.24 Å². The maximum atomic E-state index is 4.57. The number of anilines is 1. The van der Waals surface area contributed by atoms with Crippen molar-refractivity contribution >= 4 is 18.3 Å². The summed E-state index contributed by atoms with van der Waals surface area (Å²) in [7, 11) is 4.11. The van der Waals surface area contributed by atoms with Gasteiger partial charge in [0.2, 0.25) is 0 Å². The van der Waals surface area contributed by atoms with Crippen LogP contribution in [0.3, 0.4) is 0 Å². The Hall–Kier alpha value is -0.630. The minimum Gasteiger partial charge on any atom is -0.378 e. The normalized spacial score (nSPS) is 12.6. The lowest BCUT2D eigenvalue weighted by molar-refractivity contribution is 0.782. The summed E-state index contributed by atoms with van der Waals surface area (Å²) in [5.74, 6) is 0. The van der Waals surface area contributed by atoms with Gasteiger partial charge in [-0.3, -0.25) is 0 Å². The number of rotatable bonds is 4. The van der Waals surface area contributed by atoms with Gasteiger partial charge >= 0.3 is 0 Å². The molecule has 14 heavy (non-hydrogen) atoms. The highest BCUT2D eigenvalue weighted by atomic mass is 32.1. The molecule has 2 heteroatoms. The molecule has 0 amide bonds. The Kier molecular flexibility index (Phi) is 4.33. The van der Waals surface area contributed by atoms with Gasteiger partial charge in [0.05, 0.1) is 0 Å². The van der Waals surface area contributed by atoms with Crippen LogP contribution >= 0.6 is 12.6 Å². The third-order valence-corrected chi connectivity index (χ3v) is 2.91. The highest BCUT2D eigenvalue weighted by Crippen LogP contribution is 2.26. The molecule has 0 aliphatic heterocycles. The van der Waals surface area contributed by atoms with E-state index in [1.54, 1.807) is 0 Å². The lowest BCUT2D eigenvalue weighted by Gasteiger charge is -2.14. The fourth-order valence-corrected chi connectivity index (χ4v) is 1.87. The molecule has 0 spiro atoms. The minimum atomic E-state index is 0.385. The van der Waals surface area contributed by atoms with Gasteiger partial charge in [-0.2, -0.15) is 12.6 Å². The molecule has 0 aliphatic rings. The van der Waals surface area contributed by atoms with Crippen molar-refractivity contribution in [2.24, 2.45) is 0 Å². The van der Waals surface area contributed by atoms with Crippen molar-refractivity contribution in [2.75, 3.05) is 19.0 Å². The molecule has 1 unspecified atom stereocenters. The molecular formula is C12H19NS. The standard InChI is InChI=1S/C12H19NS/c1-4-5-12(14)10-6-8-11(9-7-10)13(2)3/h6-9,12,14H,4-5H2,1-3H3. The Labute approximate surface area is 92.5 Å². The van der Waals surface area contributed by atoms with Crippen LogP contribution in [0, 0.1) is 0 Å². The summed E-state index contributed by atoms with van der Waals surface area (Å²) in [6, 6.07) is 8.63. The monoisotopic (exact) mass is 209 g/mol. The van der Waals surface area contributed by atoms with Crippen molar-refractivity contribution in [2.45, 2.75) is 25.0 Å². The largest absolute Gasteiger partial charge is 0.378 e. The second-order valence-corrected chi connectivity index (χ2v) is 4.41. The molecule has 0 fully saturated rings. The van der Waals surface area contributed by atoms with Crippen molar-refractivity contribution in [3.63, 3.8) is 0 Å². The van der Waals surface area contributed by atoms with Crippen LogP contribution in [0.1, 0.15) is 30.6 Å². The summed E-state index contributed by atoms with van der Waals surface area (Å²) in [5, 5.41) is 0.385. The average molecular weight is 209 g/mol. The Morgan fingerprint density at radius 2 is 1.79 bits per heavy atom. The molecule has 0 bridgehead atoms. The molecule has 1 rings (SSSR count). The number of hydrogen-bond donors (Lipinski definition) is 1. The van der Waals surface area contributed by atoms with Gasteiger partial charge in [-0.15, -0.1) is 0 Å². The van der Waals surface area contributed by atoms with E-state index in [9.17, 15) is 0 Å².